The van der Waals surface area contributed by atoms with Crippen LogP contribution in [0.5, 0.6) is 11.5 Å². The van der Waals surface area contributed by atoms with Gasteiger partial charge in [0.2, 0.25) is 0 Å². The van der Waals surface area contributed by atoms with Crippen molar-refractivity contribution in [1.82, 2.24) is 0 Å². The van der Waals surface area contributed by atoms with E-state index in [0.717, 1.165) is 0 Å². The molecule has 1 aromatic heterocycles. The number of esters is 1. The van der Waals surface area contributed by atoms with Crippen molar-refractivity contribution in [3.8, 4) is 22.6 Å². The summed E-state index contributed by atoms with van der Waals surface area (Å²) in [6.07, 6.45) is 0. The second kappa shape index (κ2) is 7.40. The average Bonchev–Trinajstić information content (AvgIpc) is 2.74. The van der Waals surface area contributed by atoms with Gasteiger partial charge in [0.15, 0.2) is 5.75 Å². The first-order valence-electron chi connectivity index (χ1n) is 8.65. The van der Waals surface area contributed by atoms with Gasteiger partial charge in [0, 0.05) is 0 Å². The summed E-state index contributed by atoms with van der Waals surface area (Å²) >= 11 is 0. The van der Waals surface area contributed by atoms with Crippen LogP contribution in [0.4, 0.5) is 0 Å². The fourth-order valence-electron chi connectivity index (χ4n) is 2.96. The van der Waals surface area contributed by atoms with Gasteiger partial charge < -0.3 is 13.9 Å². The van der Waals surface area contributed by atoms with Crippen LogP contribution in [0.3, 0.4) is 0 Å². The highest BCUT2D eigenvalue weighted by molar-refractivity contribution is 5.97. The smallest absolute Gasteiger partial charge is 0.348 e. The number of benzene rings is 3. The summed E-state index contributed by atoms with van der Waals surface area (Å²) in [5.74, 6) is 0.238. The van der Waals surface area contributed by atoms with Gasteiger partial charge in [0.25, 0.3) is 0 Å². The van der Waals surface area contributed by atoms with Crippen molar-refractivity contribution in [3.05, 3.63) is 94.8 Å². The quantitative estimate of drug-likeness (QED) is 0.384. The molecule has 0 spiro atoms. The monoisotopic (exact) mass is 372 g/mol. The SMILES string of the molecule is COc1ccc(C(=O)Oc2c(-c3ccccc3)c(=O)oc3ccccc23)cc1. The molecule has 4 aromatic rings. The molecule has 3 aromatic carbocycles. The van der Waals surface area contributed by atoms with Crippen LogP contribution in [0.25, 0.3) is 22.1 Å². The largest absolute Gasteiger partial charge is 0.497 e. The molecule has 1 heterocycles. The molecular formula is C23H16O5. The lowest BCUT2D eigenvalue weighted by Gasteiger charge is -2.12. The molecule has 28 heavy (non-hydrogen) atoms. The maximum atomic E-state index is 12.8. The Balaban J connectivity index is 1.86. The normalized spacial score (nSPS) is 10.6. The molecule has 5 heteroatoms. The Morgan fingerprint density at radius 3 is 2.25 bits per heavy atom. The van der Waals surface area contributed by atoms with Gasteiger partial charge in [0.1, 0.15) is 16.9 Å². The van der Waals surface area contributed by atoms with Crippen LogP contribution in [0.1, 0.15) is 10.4 Å². The summed E-state index contributed by atoms with van der Waals surface area (Å²) in [5.41, 5.74) is 0.949. The predicted molar refractivity (Wildman–Crippen MR) is 106 cm³/mol. The molecule has 0 bridgehead atoms. The second-order valence-corrected chi connectivity index (χ2v) is 6.07. The van der Waals surface area contributed by atoms with Crippen LogP contribution >= 0.6 is 0 Å². The predicted octanol–water partition coefficient (Wildman–Crippen LogP) is 4.69. The summed E-state index contributed by atoms with van der Waals surface area (Å²) < 4.78 is 16.3. The number of rotatable bonds is 4. The molecule has 0 aliphatic carbocycles. The number of ether oxygens (including phenoxy) is 2. The van der Waals surface area contributed by atoms with E-state index >= 15 is 0 Å². The highest BCUT2D eigenvalue weighted by Gasteiger charge is 2.21. The van der Waals surface area contributed by atoms with Crippen LogP contribution in [0.15, 0.2) is 88.1 Å². The molecule has 0 radical (unpaired) electrons. The second-order valence-electron chi connectivity index (χ2n) is 6.07. The van der Waals surface area contributed by atoms with Crippen molar-refractivity contribution in [1.29, 1.82) is 0 Å². The average molecular weight is 372 g/mol. The van der Waals surface area contributed by atoms with E-state index in [1.54, 1.807) is 79.9 Å². The maximum Gasteiger partial charge on any atom is 0.348 e. The van der Waals surface area contributed by atoms with Gasteiger partial charge in [-0.15, -0.1) is 0 Å². The summed E-state index contributed by atoms with van der Waals surface area (Å²) in [6, 6.07) is 22.5. The number of hydrogen-bond acceptors (Lipinski definition) is 5. The van der Waals surface area contributed by atoms with Crippen LogP contribution in [0, 0.1) is 0 Å². The third kappa shape index (κ3) is 3.25. The number of para-hydroxylation sites is 1. The van der Waals surface area contributed by atoms with E-state index in [4.69, 9.17) is 13.9 Å². The van der Waals surface area contributed by atoms with Crippen LogP contribution in [-0.2, 0) is 0 Å². The molecule has 0 saturated heterocycles. The summed E-state index contributed by atoms with van der Waals surface area (Å²) in [4.78, 5) is 25.4. The number of carbonyl (C=O) groups excluding carboxylic acids is 1. The Morgan fingerprint density at radius 1 is 0.857 bits per heavy atom. The van der Waals surface area contributed by atoms with Gasteiger partial charge in [0.05, 0.1) is 18.1 Å². The minimum absolute atomic E-state index is 0.180. The zero-order chi connectivity index (χ0) is 19.5. The Morgan fingerprint density at radius 2 is 1.54 bits per heavy atom. The molecule has 0 N–H and O–H groups in total. The molecule has 0 saturated carbocycles. The summed E-state index contributed by atoms with van der Waals surface area (Å²) in [5, 5.41) is 0.544. The first-order valence-corrected chi connectivity index (χ1v) is 8.65. The van der Waals surface area contributed by atoms with Crippen LogP contribution in [0.2, 0.25) is 0 Å². The fraction of sp³-hybridized carbons (Fsp3) is 0.0435. The topological polar surface area (TPSA) is 65.7 Å². The van der Waals surface area contributed by atoms with E-state index < -0.39 is 11.6 Å². The van der Waals surface area contributed by atoms with E-state index in [0.29, 0.717) is 27.8 Å². The van der Waals surface area contributed by atoms with Gasteiger partial charge in [-0.05, 0) is 42.0 Å². The van der Waals surface area contributed by atoms with Crippen LogP contribution < -0.4 is 15.1 Å². The molecular weight excluding hydrogens is 356 g/mol. The Kier molecular flexibility index (Phi) is 4.64. The zero-order valence-electron chi connectivity index (χ0n) is 15.0. The number of fused-ring (bicyclic) bond motifs is 1. The molecule has 0 unspecified atom stereocenters. The van der Waals surface area contributed by atoms with Crippen molar-refractivity contribution in [2.45, 2.75) is 0 Å². The van der Waals surface area contributed by atoms with Crippen molar-refractivity contribution >= 4 is 16.9 Å². The molecule has 0 aliphatic rings. The summed E-state index contributed by atoms with van der Waals surface area (Å²) in [6.45, 7) is 0. The maximum absolute atomic E-state index is 12.8. The Labute approximate surface area is 160 Å². The fourth-order valence-corrected chi connectivity index (χ4v) is 2.96. The lowest BCUT2D eigenvalue weighted by molar-refractivity contribution is 0.0737. The van der Waals surface area contributed by atoms with E-state index in [-0.39, 0.29) is 11.3 Å². The molecule has 4 rings (SSSR count). The van der Waals surface area contributed by atoms with Crippen molar-refractivity contribution in [3.63, 3.8) is 0 Å². The third-order valence-corrected chi connectivity index (χ3v) is 4.35. The first kappa shape index (κ1) is 17.5. The Bertz CT molecular complexity index is 1190. The van der Waals surface area contributed by atoms with E-state index in [9.17, 15) is 9.59 Å². The molecule has 138 valence electrons. The molecule has 0 aliphatic heterocycles. The zero-order valence-corrected chi connectivity index (χ0v) is 15.0. The van der Waals surface area contributed by atoms with Crippen LogP contribution in [-0.4, -0.2) is 13.1 Å². The van der Waals surface area contributed by atoms with Gasteiger partial charge >= 0.3 is 11.6 Å². The van der Waals surface area contributed by atoms with Gasteiger partial charge in [-0.1, -0.05) is 42.5 Å². The van der Waals surface area contributed by atoms with Gasteiger partial charge in [-0.2, -0.15) is 0 Å². The molecule has 0 atom stereocenters. The highest BCUT2D eigenvalue weighted by atomic mass is 16.5. The van der Waals surface area contributed by atoms with Crippen molar-refractivity contribution in [2.75, 3.05) is 7.11 Å². The molecule has 0 fully saturated rings. The Hall–Kier alpha value is -3.86. The third-order valence-electron chi connectivity index (χ3n) is 4.35. The van der Waals surface area contributed by atoms with E-state index in [1.165, 1.54) is 0 Å². The standard InChI is InChI=1S/C23H16O5/c1-26-17-13-11-16(12-14-17)22(24)28-21-18-9-5-6-10-19(18)27-23(25)20(21)15-7-3-2-4-8-15/h2-14H,1H3. The van der Waals surface area contributed by atoms with Crippen molar-refractivity contribution < 1.29 is 18.7 Å². The number of carbonyl (C=O) groups is 1. The lowest BCUT2D eigenvalue weighted by Crippen LogP contribution is -2.13. The first-order chi connectivity index (χ1) is 13.7. The number of methoxy groups -OCH3 is 1. The molecule has 5 nitrogen and oxygen atoms in total. The van der Waals surface area contributed by atoms with Gasteiger partial charge in [-0.3, -0.25) is 0 Å². The van der Waals surface area contributed by atoms with E-state index in [2.05, 4.69) is 0 Å². The van der Waals surface area contributed by atoms with Gasteiger partial charge in [-0.25, -0.2) is 9.59 Å². The van der Waals surface area contributed by atoms with E-state index in [1.807, 2.05) is 6.07 Å². The minimum Gasteiger partial charge on any atom is -0.497 e. The number of hydrogen-bond donors (Lipinski definition) is 0. The van der Waals surface area contributed by atoms with Crippen molar-refractivity contribution in [2.24, 2.45) is 0 Å². The highest BCUT2D eigenvalue weighted by Crippen LogP contribution is 2.34. The lowest BCUT2D eigenvalue weighted by atomic mass is 10.0. The molecule has 0 amide bonds. The minimum atomic E-state index is -0.574. The summed E-state index contributed by atoms with van der Waals surface area (Å²) in [7, 11) is 1.55.